The molecule has 0 saturated heterocycles. The number of esters is 1. The van der Waals surface area contributed by atoms with Crippen LogP contribution in [0.1, 0.15) is 24.4 Å². The molecule has 2 rings (SSSR count). The molecule has 106 valence electrons. The van der Waals surface area contributed by atoms with Crippen molar-refractivity contribution in [3.63, 3.8) is 0 Å². The van der Waals surface area contributed by atoms with Gasteiger partial charge < -0.3 is 13.9 Å². The molecule has 7 heteroatoms. The number of hydrogen-bond acceptors (Lipinski definition) is 6. The molecule has 1 aromatic heterocycles. The summed E-state index contributed by atoms with van der Waals surface area (Å²) < 4.78 is 15.5. The van der Waals surface area contributed by atoms with Crippen LogP contribution in [-0.2, 0) is 4.74 Å². The van der Waals surface area contributed by atoms with E-state index >= 15 is 0 Å². The summed E-state index contributed by atoms with van der Waals surface area (Å²) in [6, 6.07) is 4.03. The Labute approximate surface area is 114 Å². The number of nitro groups is 1. The lowest BCUT2D eigenvalue weighted by molar-refractivity contribution is -0.384. The Bertz CT molecular complexity index is 673. The molecule has 0 bridgehead atoms. The van der Waals surface area contributed by atoms with Gasteiger partial charge in [0.25, 0.3) is 11.4 Å². The monoisotopic (exact) mass is 279 g/mol. The predicted octanol–water partition coefficient (Wildman–Crippen LogP) is 2.91. The molecule has 2 aromatic rings. The summed E-state index contributed by atoms with van der Waals surface area (Å²) in [5.41, 5.74) is 0.218. The van der Waals surface area contributed by atoms with Crippen LogP contribution >= 0.6 is 0 Å². The lowest BCUT2D eigenvalue weighted by atomic mass is 10.2. The molecule has 0 amide bonds. The highest BCUT2D eigenvalue weighted by atomic mass is 16.6. The molecule has 0 unspecified atom stereocenters. The average Bonchev–Trinajstić information content (AvgIpc) is 2.75. The molecule has 0 saturated carbocycles. The first-order valence-corrected chi connectivity index (χ1v) is 5.90. The Morgan fingerprint density at radius 1 is 1.40 bits per heavy atom. The lowest BCUT2D eigenvalue weighted by Crippen LogP contribution is -2.09. The zero-order valence-electron chi connectivity index (χ0n) is 11.2. The van der Waals surface area contributed by atoms with Crippen molar-refractivity contribution in [1.82, 2.24) is 0 Å². The fourth-order valence-corrected chi connectivity index (χ4v) is 1.76. The Balaban J connectivity index is 2.67. The van der Waals surface area contributed by atoms with Crippen LogP contribution in [-0.4, -0.2) is 24.1 Å². The Kier molecular flexibility index (Phi) is 3.60. The largest absolute Gasteiger partial charge is 0.486 e. The fourth-order valence-electron chi connectivity index (χ4n) is 1.76. The zero-order chi connectivity index (χ0) is 14.9. The standard InChI is InChI=1S/C13H13NO6/c1-7(2)19-11-9-6-8(14(16)17)4-5-10(9)20-12(11)13(15)18-3/h4-7H,1-3H3. The molecule has 7 nitrogen and oxygen atoms in total. The van der Waals surface area contributed by atoms with Gasteiger partial charge in [-0.15, -0.1) is 0 Å². The van der Waals surface area contributed by atoms with Crippen molar-refractivity contribution in [3.05, 3.63) is 34.1 Å². The van der Waals surface area contributed by atoms with Gasteiger partial charge >= 0.3 is 5.97 Å². The Morgan fingerprint density at radius 3 is 2.65 bits per heavy atom. The number of ether oxygens (including phenoxy) is 2. The Hall–Kier alpha value is -2.57. The van der Waals surface area contributed by atoms with Gasteiger partial charge in [0.15, 0.2) is 5.75 Å². The first-order chi connectivity index (χ1) is 9.43. The maximum atomic E-state index is 11.7. The number of hydrogen-bond donors (Lipinski definition) is 0. The number of fused-ring (bicyclic) bond motifs is 1. The van der Waals surface area contributed by atoms with Crippen molar-refractivity contribution in [2.45, 2.75) is 20.0 Å². The number of rotatable bonds is 4. The van der Waals surface area contributed by atoms with E-state index in [0.29, 0.717) is 11.0 Å². The summed E-state index contributed by atoms with van der Waals surface area (Å²) in [5, 5.41) is 11.2. The zero-order valence-corrected chi connectivity index (χ0v) is 11.2. The topological polar surface area (TPSA) is 91.8 Å². The van der Waals surface area contributed by atoms with Crippen molar-refractivity contribution in [2.75, 3.05) is 7.11 Å². The number of benzene rings is 1. The number of carbonyl (C=O) groups excluding carboxylic acids is 1. The van der Waals surface area contributed by atoms with Crippen LogP contribution in [0, 0.1) is 10.1 Å². The van der Waals surface area contributed by atoms with E-state index < -0.39 is 10.9 Å². The SMILES string of the molecule is COC(=O)c1oc2ccc([N+](=O)[O-])cc2c1OC(C)C. The van der Waals surface area contributed by atoms with Gasteiger partial charge in [-0.05, 0) is 19.9 Å². The van der Waals surface area contributed by atoms with Gasteiger partial charge in [0, 0.05) is 12.1 Å². The van der Waals surface area contributed by atoms with Crippen molar-refractivity contribution in [1.29, 1.82) is 0 Å². The van der Waals surface area contributed by atoms with Crippen molar-refractivity contribution in [2.24, 2.45) is 0 Å². The van der Waals surface area contributed by atoms with Gasteiger partial charge in [0.05, 0.1) is 23.5 Å². The molecular weight excluding hydrogens is 266 g/mol. The molecule has 0 aliphatic heterocycles. The summed E-state index contributed by atoms with van der Waals surface area (Å²) in [5.74, 6) is -0.637. The van der Waals surface area contributed by atoms with E-state index in [1.807, 2.05) is 0 Å². The summed E-state index contributed by atoms with van der Waals surface area (Å²) >= 11 is 0. The van der Waals surface area contributed by atoms with Crippen LogP contribution in [0.2, 0.25) is 0 Å². The predicted molar refractivity (Wildman–Crippen MR) is 70.0 cm³/mol. The number of non-ortho nitro benzene ring substituents is 1. The van der Waals surface area contributed by atoms with Gasteiger partial charge in [0.1, 0.15) is 5.58 Å². The van der Waals surface area contributed by atoms with Gasteiger partial charge in [-0.25, -0.2) is 4.79 Å². The molecule has 0 aliphatic rings. The van der Waals surface area contributed by atoms with E-state index in [1.165, 1.54) is 25.3 Å². The van der Waals surface area contributed by atoms with Crippen molar-refractivity contribution < 1.29 is 23.6 Å². The second-order valence-corrected chi connectivity index (χ2v) is 4.36. The highest BCUT2D eigenvalue weighted by Crippen LogP contribution is 2.36. The number of nitro benzene ring substituents is 1. The second kappa shape index (κ2) is 5.20. The van der Waals surface area contributed by atoms with E-state index in [9.17, 15) is 14.9 Å². The first-order valence-electron chi connectivity index (χ1n) is 5.90. The molecule has 0 spiro atoms. The number of nitrogens with zero attached hydrogens (tertiary/aromatic N) is 1. The second-order valence-electron chi connectivity index (χ2n) is 4.36. The third-order valence-electron chi connectivity index (χ3n) is 2.56. The third kappa shape index (κ3) is 2.42. The number of furan rings is 1. The van der Waals surface area contributed by atoms with E-state index in [1.54, 1.807) is 13.8 Å². The molecule has 0 N–H and O–H groups in total. The third-order valence-corrected chi connectivity index (χ3v) is 2.56. The van der Waals surface area contributed by atoms with Gasteiger partial charge in [0.2, 0.25) is 0 Å². The maximum Gasteiger partial charge on any atom is 0.377 e. The van der Waals surface area contributed by atoms with Crippen molar-refractivity contribution in [3.8, 4) is 5.75 Å². The molecule has 1 heterocycles. The van der Waals surface area contributed by atoms with E-state index in [0.717, 1.165) is 0 Å². The minimum atomic E-state index is -0.695. The van der Waals surface area contributed by atoms with Crippen LogP contribution in [0.3, 0.4) is 0 Å². The fraction of sp³-hybridized carbons (Fsp3) is 0.308. The Morgan fingerprint density at radius 2 is 2.10 bits per heavy atom. The van der Waals surface area contributed by atoms with Crippen LogP contribution < -0.4 is 4.74 Å². The maximum absolute atomic E-state index is 11.7. The minimum absolute atomic E-state index is 0.100. The summed E-state index contributed by atoms with van der Waals surface area (Å²) in [7, 11) is 1.22. The van der Waals surface area contributed by atoms with E-state index in [2.05, 4.69) is 4.74 Å². The molecule has 0 aliphatic carbocycles. The first kappa shape index (κ1) is 13.9. The average molecular weight is 279 g/mol. The normalized spacial score (nSPS) is 10.8. The lowest BCUT2D eigenvalue weighted by Gasteiger charge is -2.08. The molecule has 0 atom stereocenters. The molecule has 0 fully saturated rings. The van der Waals surface area contributed by atoms with Gasteiger partial charge in [-0.1, -0.05) is 0 Å². The van der Waals surface area contributed by atoms with Crippen molar-refractivity contribution >= 4 is 22.6 Å². The van der Waals surface area contributed by atoms with E-state index in [4.69, 9.17) is 9.15 Å². The van der Waals surface area contributed by atoms with Crippen LogP contribution in [0.5, 0.6) is 5.75 Å². The highest BCUT2D eigenvalue weighted by Gasteiger charge is 2.25. The summed E-state index contributed by atoms with van der Waals surface area (Å²) in [4.78, 5) is 22.0. The molecule has 20 heavy (non-hydrogen) atoms. The summed E-state index contributed by atoms with van der Waals surface area (Å²) in [6.07, 6.45) is -0.224. The van der Waals surface area contributed by atoms with Crippen LogP contribution in [0.15, 0.2) is 22.6 Å². The summed E-state index contributed by atoms with van der Waals surface area (Å²) in [6.45, 7) is 3.55. The van der Waals surface area contributed by atoms with Crippen LogP contribution in [0.25, 0.3) is 11.0 Å². The van der Waals surface area contributed by atoms with Crippen LogP contribution in [0.4, 0.5) is 5.69 Å². The minimum Gasteiger partial charge on any atom is -0.486 e. The molecule has 0 radical (unpaired) electrons. The highest BCUT2D eigenvalue weighted by molar-refractivity contribution is 5.99. The molecule has 1 aromatic carbocycles. The van der Waals surface area contributed by atoms with E-state index in [-0.39, 0.29) is 23.3 Å². The number of methoxy groups -OCH3 is 1. The number of carbonyl (C=O) groups is 1. The van der Waals surface area contributed by atoms with Gasteiger partial charge in [-0.2, -0.15) is 0 Å². The molecular formula is C13H13NO6. The quantitative estimate of drug-likeness (QED) is 0.485. The smallest absolute Gasteiger partial charge is 0.377 e. The van der Waals surface area contributed by atoms with Gasteiger partial charge in [-0.3, -0.25) is 10.1 Å².